The van der Waals surface area contributed by atoms with Crippen molar-refractivity contribution in [3.05, 3.63) is 0 Å². The van der Waals surface area contributed by atoms with Crippen LogP contribution >= 0.6 is 0 Å². The summed E-state index contributed by atoms with van der Waals surface area (Å²) in [6.45, 7) is 0. The number of urea groups is 1. The lowest BCUT2D eigenvalue weighted by Gasteiger charge is -2.32. The summed E-state index contributed by atoms with van der Waals surface area (Å²) in [6.07, 6.45) is 6.32. The Kier molecular flexibility index (Phi) is 1.41. The van der Waals surface area contributed by atoms with E-state index in [1.807, 2.05) is 4.90 Å². The summed E-state index contributed by atoms with van der Waals surface area (Å²) in [5.41, 5.74) is 5.43. The van der Waals surface area contributed by atoms with Crippen LogP contribution in [0.3, 0.4) is 0 Å². The zero-order chi connectivity index (χ0) is 9.00. The molecular formula is C10H16N2O. The number of fused-ring (bicyclic) bond motifs is 2. The summed E-state index contributed by atoms with van der Waals surface area (Å²) in [7, 11) is 0. The van der Waals surface area contributed by atoms with Crippen LogP contribution in [0.25, 0.3) is 0 Å². The highest BCUT2D eigenvalue weighted by atomic mass is 16.2. The van der Waals surface area contributed by atoms with Crippen molar-refractivity contribution in [1.29, 1.82) is 0 Å². The molecule has 3 heteroatoms. The quantitative estimate of drug-likeness (QED) is 0.600. The van der Waals surface area contributed by atoms with E-state index < -0.39 is 0 Å². The van der Waals surface area contributed by atoms with E-state index in [1.54, 1.807) is 0 Å². The van der Waals surface area contributed by atoms with Gasteiger partial charge in [-0.05, 0) is 43.9 Å². The first-order valence-corrected chi connectivity index (χ1v) is 5.33. The molecule has 0 aromatic carbocycles. The molecule has 72 valence electrons. The minimum absolute atomic E-state index is 0.181. The first-order valence-electron chi connectivity index (χ1n) is 5.33. The van der Waals surface area contributed by atoms with Crippen LogP contribution in [0.4, 0.5) is 4.79 Å². The Labute approximate surface area is 78.3 Å². The molecule has 1 saturated heterocycles. The fraction of sp³-hybridized carbons (Fsp3) is 0.900. The number of hydrogen-bond acceptors (Lipinski definition) is 1. The average molecular weight is 180 g/mol. The van der Waals surface area contributed by atoms with Crippen LogP contribution in [0, 0.1) is 11.8 Å². The van der Waals surface area contributed by atoms with E-state index in [2.05, 4.69) is 0 Å². The largest absolute Gasteiger partial charge is 0.351 e. The van der Waals surface area contributed by atoms with Gasteiger partial charge in [-0.25, -0.2) is 4.79 Å². The Hall–Kier alpha value is -0.730. The third kappa shape index (κ3) is 0.930. The van der Waals surface area contributed by atoms with E-state index in [0.717, 1.165) is 11.8 Å². The number of likely N-dealkylation sites (tertiary alicyclic amines) is 1. The second kappa shape index (κ2) is 2.40. The van der Waals surface area contributed by atoms with Crippen molar-refractivity contribution in [1.82, 2.24) is 4.90 Å². The first kappa shape index (κ1) is 7.65. The number of hydrogen-bond donors (Lipinski definition) is 1. The van der Waals surface area contributed by atoms with E-state index in [4.69, 9.17) is 5.73 Å². The number of primary amides is 1. The zero-order valence-electron chi connectivity index (χ0n) is 7.78. The van der Waals surface area contributed by atoms with Crippen molar-refractivity contribution in [3.63, 3.8) is 0 Å². The Bertz CT molecular complexity index is 253. The summed E-state index contributed by atoms with van der Waals surface area (Å²) in [4.78, 5) is 13.3. The lowest BCUT2D eigenvalue weighted by molar-refractivity contribution is 0.176. The highest BCUT2D eigenvalue weighted by Crippen LogP contribution is 2.49. The molecule has 0 aromatic rings. The molecule has 2 aliphatic carbocycles. The van der Waals surface area contributed by atoms with Gasteiger partial charge in [0.05, 0.1) is 0 Å². The normalized spacial score (nSPS) is 46.9. The second-order valence-electron chi connectivity index (χ2n) is 4.88. The molecule has 1 heterocycles. The van der Waals surface area contributed by atoms with Crippen LogP contribution in [-0.2, 0) is 0 Å². The maximum absolute atomic E-state index is 11.3. The fourth-order valence-corrected chi connectivity index (χ4v) is 3.85. The molecule has 0 spiro atoms. The number of nitrogens with zero attached hydrogens (tertiary/aromatic N) is 1. The monoisotopic (exact) mass is 180 g/mol. The summed E-state index contributed by atoms with van der Waals surface area (Å²) < 4.78 is 0. The van der Waals surface area contributed by atoms with Gasteiger partial charge in [0.1, 0.15) is 0 Å². The van der Waals surface area contributed by atoms with Gasteiger partial charge < -0.3 is 10.6 Å². The fourth-order valence-electron chi connectivity index (χ4n) is 3.85. The van der Waals surface area contributed by atoms with Gasteiger partial charge >= 0.3 is 6.03 Å². The molecule has 4 unspecified atom stereocenters. The molecule has 3 nitrogen and oxygen atoms in total. The first-order chi connectivity index (χ1) is 6.25. The van der Waals surface area contributed by atoms with Crippen LogP contribution < -0.4 is 5.73 Å². The third-order valence-electron chi connectivity index (χ3n) is 4.24. The molecular weight excluding hydrogens is 164 g/mol. The smallest absolute Gasteiger partial charge is 0.315 e. The number of carbonyl (C=O) groups excluding carboxylic acids is 1. The topological polar surface area (TPSA) is 46.3 Å². The number of nitrogens with two attached hydrogens (primary N) is 1. The van der Waals surface area contributed by atoms with Gasteiger partial charge in [0.2, 0.25) is 0 Å². The third-order valence-corrected chi connectivity index (χ3v) is 4.24. The highest BCUT2D eigenvalue weighted by molar-refractivity contribution is 5.73. The maximum atomic E-state index is 11.3. The lowest BCUT2D eigenvalue weighted by atomic mass is 9.72. The van der Waals surface area contributed by atoms with Crippen LogP contribution in [-0.4, -0.2) is 23.0 Å². The molecule has 4 atom stereocenters. The molecule has 3 rings (SSSR count). The van der Waals surface area contributed by atoms with Gasteiger partial charge in [0.25, 0.3) is 0 Å². The zero-order valence-corrected chi connectivity index (χ0v) is 7.78. The minimum Gasteiger partial charge on any atom is -0.351 e. The Morgan fingerprint density at radius 3 is 2.85 bits per heavy atom. The lowest BCUT2D eigenvalue weighted by Crippen LogP contribution is -2.44. The predicted octanol–water partition coefficient (Wildman–Crippen LogP) is 1.33. The molecule has 2 saturated carbocycles. The van der Waals surface area contributed by atoms with E-state index >= 15 is 0 Å². The highest BCUT2D eigenvalue weighted by Gasteiger charge is 2.50. The van der Waals surface area contributed by atoms with Gasteiger partial charge in [0.15, 0.2) is 0 Å². The molecule has 1 aliphatic heterocycles. The van der Waals surface area contributed by atoms with Crippen LogP contribution in [0.15, 0.2) is 0 Å². The summed E-state index contributed by atoms with van der Waals surface area (Å²) in [5.74, 6) is 1.68. The predicted molar refractivity (Wildman–Crippen MR) is 49.1 cm³/mol. The van der Waals surface area contributed by atoms with Crippen molar-refractivity contribution in [2.45, 2.75) is 44.2 Å². The van der Waals surface area contributed by atoms with Gasteiger partial charge in [-0.3, -0.25) is 0 Å². The second-order valence-corrected chi connectivity index (χ2v) is 4.88. The maximum Gasteiger partial charge on any atom is 0.315 e. The Morgan fingerprint density at radius 2 is 2.08 bits per heavy atom. The minimum atomic E-state index is -0.181. The Morgan fingerprint density at radius 1 is 1.23 bits per heavy atom. The van der Waals surface area contributed by atoms with Crippen molar-refractivity contribution in [2.24, 2.45) is 17.6 Å². The van der Waals surface area contributed by atoms with Gasteiger partial charge in [-0.1, -0.05) is 0 Å². The van der Waals surface area contributed by atoms with E-state index in [0.29, 0.717) is 12.1 Å². The number of carbonyl (C=O) groups is 1. The van der Waals surface area contributed by atoms with Crippen LogP contribution in [0.5, 0.6) is 0 Å². The molecule has 3 fully saturated rings. The van der Waals surface area contributed by atoms with Crippen molar-refractivity contribution >= 4 is 6.03 Å². The summed E-state index contributed by atoms with van der Waals surface area (Å²) >= 11 is 0. The number of rotatable bonds is 0. The van der Waals surface area contributed by atoms with Crippen LogP contribution in [0.1, 0.15) is 32.1 Å². The SMILES string of the molecule is NC(=O)N1C2CC3CCC1C(C3)C2. The van der Waals surface area contributed by atoms with Crippen molar-refractivity contribution < 1.29 is 4.79 Å². The van der Waals surface area contributed by atoms with Gasteiger partial charge in [0, 0.05) is 12.1 Å². The number of amides is 2. The molecule has 2 amide bonds. The summed E-state index contributed by atoms with van der Waals surface area (Å²) in [5, 5.41) is 0. The van der Waals surface area contributed by atoms with Gasteiger partial charge in [-0.15, -0.1) is 0 Å². The van der Waals surface area contributed by atoms with E-state index in [9.17, 15) is 4.79 Å². The molecule has 0 radical (unpaired) electrons. The van der Waals surface area contributed by atoms with Crippen LogP contribution in [0.2, 0.25) is 0 Å². The molecule has 2 N–H and O–H groups in total. The Balaban J connectivity index is 1.95. The standard InChI is InChI=1S/C10H16N2O/c11-10(13)12-8-4-6-1-2-9(12)7(3-6)5-8/h6-9H,1-5H2,(H2,11,13). The van der Waals surface area contributed by atoms with E-state index in [1.165, 1.54) is 32.1 Å². The van der Waals surface area contributed by atoms with Crippen molar-refractivity contribution in [2.75, 3.05) is 0 Å². The molecule has 3 aliphatic rings. The average Bonchev–Trinajstić information content (AvgIpc) is 2.23. The van der Waals surface area contributed by atoms with E-state index in [-0.39, 0.29) is 6.03 Å². The molecule has 3 bridgehead atoms. The van der Waals surface area contributed by atoms with Gasteiger partial charge in [-0.2, -0.15) is 0 Å². The molecule has 0 aromatic heterocycles. The molecule has 13 heavy (non-hydrogen) atoms. The van der Waals surface area contributed by atoms with Crippen molar-refractivity contribution in [3.8, 4) is 0 Å². The summed E-state index contributed by atoms with van der Waals surface area (Å²) in [6, 6.07) is 0.815.